The van der Waals surface area contributed by atoms with Crippen LogP contribution in [0.5, 0.6) is 0 Å². The van der Waals surface area contributed by atoms with Crippen molar-refractivity contribution in [3.8, 4) is 11.3 Å². The summed E-state index contributed by atoms with van der Waals surface area (Å²) in [6, 6.07) is 20.2. The van der Waals surface area contributed by atoms with E-state index in [1.165, 1.54) is 23.1 Å². The number of hydrogen-bond donors (Lipinski definition) is 4. The SMILES string of the molecule is O=C1CCC(N2Cc3c(NC(=O)CCCCOCCN4CCC(NC(=O)c5ccc(Nc6ncc7c(n6)-c6ccc(Cl)cc6C(c6c(F)cccc6F)=NC7)cc5)CC4)cccc3C2=O)C(=O)N1. The number of aromatic nitrogens is 2. The predicted molar refractivity (Wildman–Crippen MR) is 251 cm³/mol. The first kappa shape index (κ1) is 46.2. The molecule has 5 aromatic rings. The number of benzene rings is 4. The third kappa shape index (κ3) is 10.3. The fraction of sp³-hybridized carbons (Fsp3) is 0.320. The zero-order valence-electron chi connectivity index (χ0n) is 37.0. The topological polar surface area (TPSA) is 187 Å². The summed E-state index contributed by atoms with van der Waals surface area (Å²) < 4.78 is 35.8. The highest BCUT2D eigenvalue weighted by Gasteiger charge is 2.40. The summed E-state index contributed by atoms with van der Waals surface area (Å²) in [4.78, 5) is 80.8. The number of amides is 5. The Morgan fingerprint density at radius 1 is 0.882 bits per heavy atom. The van der Waals surface area contributed by atoms with E-state index in [1.54, 1.807) is 66.9 Å². The molecule has 18 heteroatoms. The van der Waals surface area contributed by atoms with Gasteiger partial charge in [-0.25, -0.2) is 18.7 Å². The third-order valence-corrected chi connectivity index (χ3v) is 12.9. The van der Waals surface area contributed by atoms with Gasteiger partial charge in [-0.05, 0) is 92.8 Å². The molecule has 1 atom stereocenters. The van der Waals surface area contributed by atoms with Gasteiger partial charge >= 0.3 is 0 Å². The number of piperidine rings is 2. The molecule has 4 aliphatic heterocycles. The Hall–Kier alpha value is -6.95. The molecular weight excluding hydrogens is 896 g/mol. The summed E-state index contributed by atoms with van der Waals surface area (Å²) >= 11 is 6.36. The number of nitrogens with one attached hydrogen (secondary N) is 4. The summed E-state index contributed by atoms with van der Waals surface area (Å²) in [5.41, 5.74) is 5.00. The van der Waals surface area contributed by atoms with Crippen molar-refractivity contribution in [2.75, 3.05) is 43.5 Å². The van der Waals surface area contributed by atoms with Crippen molar-refractivity contribution >= 4 is 64.2 Å². The Kier molecular flexibility index (Phi) is 13.9. The van der Waals surface area contributed by atoms with Gasteiger partial charge in [0.15, 0.2) is 0 Å². The van der Waals surface area contributed by atoms with Gasteiger partial charge in [-0.15, -0.1) is 0 Å². The van der Waals surface area contributed by atoms with Crippen LogP contribution in [0.4, 0.5) is 26.1 Å². The minimum absolute atomic E-state index is 0.0374. The maximum Gasteiger partial charge on any atom is 0.255 e. The summed E-state index contributed by atoms with van der Waals surface area (Å²) in [6.45, 7) is 3.77. The summed E-state index contributed by atoms with van der Waals surface area (Å²) in [6.07, 6.45) is 5.31. The molecule has 0 spiro atoms. The van der Waals surface area contributed by atoms with Crippen molar-refractivity contribution < 1.29 is 37.5 Å². The lowest BCUT2D eigenvalue weighted by molar-refractivity contribution is -0.137. The second-order valence-corrected chi connectivity index (χ2v) is 17.6. The molecule has 4 aromatic carbocycles. The molecule has 0 aliphatic carbocycles. The van der Waals surface area contributed by atoms with Gasteiger partial charge in [0.25, 0.3) is 11.8 Å². The van der Waals surface area contributed by atoms with Gasteiger partial charge in [0, 0.05) is 108 Å². The molecule has 0 radical (unpaired) electrons. The van der Waals surface area contributed by atoms with Crippen LogP contribution < -0.4 is 21.3 Å². The molecule has 2 saturated heterocycles. The molecule has 15 nitrogen and oxygen atoms in total. The summed E-state index contributed by atoms with van der Waals surface area (Å²) in [7, 11) is 0. The molecular formula is C50H48ClF2N9O6. The van der Waals surface area contributed by atoms with Crippen LogP contribution in [0.15, 0.2) is 90.1 Å². The Morgan fingerprint density at radius 2 is 1.66 bits per heavy atom. The van der Waals surface area contributed by atoms with Crippen LogP contribution in [0.2, 0.25) is 5.02 Å². The van der Waals surface area contributed by atoms with Crippen LogP contribution in [0.1, 0.15) is 87.9 Å². The van der Waals surface area contributed by atoms with Crippen molar-refractivity contribution in [3.05, 3.63) is 135 Å². The zero-order valence-corrected chi connectivity index (χ0v) is 37.7. The molecule has 9 rings (SSSR count). The molecule has 0 bridgehead atoms. The van der Waals surface area contributed by atoms with E-state index >= 15 is 0 Å². The number of halogens is 3. The lowest BCUT2D eigenvalue weighted by Gasteiger charge is -2.32. The van der Waals surface area contributed by atoms with Crippen molar-refractivity contribution in [2.45, 2.75) is 70.1 Å². The molecule has 5 amide bonds. The number of imide groups is 1. The van der Waals surface area contributed by atoms with E-state index in [4.69, 9.17) is 21.3 Å². The zero-order chi connectivity index (χ0) is 47.3. The Bertz CT molecular complexity index is 2800. The number of fused-ring (bicyclic) bond motifs is 4. The number of anilines is 3. The van der Waals surface area contributed by atoms with Crippen LogP contribution in [-0.4, -0.2) is 99.9 Å². The Balaban J connectivity index is 0.678. The highest BCUT2D eigenvalue weighted by molar-refractivity contribution is 6.31. The molecule has 0 saturated carbocycles. The van der Waals surface area contributed by atoms with Gasteiger partial charge in [0.1, 0.15) is 17.7 Å². The maximum atomic E-state index is 15.0. The molecule has 5 heterocycles. The molecule has 1 aromatic heterocycles. The lowest BCUT2D eigenvalue weighted by atomic mass is 9.95. The number of carbonyl (C=O) groups is 5. The van der Waals surface area contributed by atoms with E-state index in [0.717, 1.165) is 32.5 Å². The number of nitrogens with zero attached hydrogens (tertiary/aromatic N) is 5. The highest BCUT2D eigenvalue weighted by Crippen LogP contribution is 2.36. The fourth-order valence-electron chi connectivity index (χ4n) is 9.03. The first-order valence-electron chi connectivity index (χ1n) is 22.7. The number of aliphatic imine (C=N–C) groups is 1. The monoisotopic (exact) mass is 943 g/mol. The van der Waals surface area contributed by atoms with Crippen molar-refractivity contribution in [2.24, 2.45) is 4.99 Å². The predicted octanol–water partition coefficient (Wildman–Crippen LogP) is 6.95. The van der Waals surface area contributed by atoms with Gasteiger partial charge in [-0.1, -0.05) is 29.8 Å². The third-order valence-electron chi connectivity index (χ3n) is 12.6. The van der Waals surface area contributed by atoms with Gasteiger partial charge in [0.05, 0.1) is 30.1 Å². The molecule has 2 fully saturated rings. The minimum atomic E-state index is -0.734. The second-order valence-electron chi connectivity index (χ2n) is 17.2. The quantitative estimate of drug-likeness (QED) is 0.0632. The molecule has 4 N–H and O–H groups in total. The number of carbonyl (C=O) groups excluding carboxylic acids is 5. The lowest BCUT2D eigenvalue weighted by Crippen LogP contribution is -2.52. The Labute approximate surface area is 395 Å². The second kappa shape index (κ2) is 20.5. The number of hydrogen-bond acceptors (Lipinski definition) is 11. The van der Waals surface area contributed by atoms with E-state index in [1.807, 2.05) is 0 Å². The average Bonchev–Trinajstić information content (AvgIpc) is 3.58. The van der Waals surface area contributed by atoms with Gasteiger partial charge < -0.3 is 30.5 Å². The smallest absolute Gasteiger partial charge is 0.255 e. The first-order valence-corrected chi connectivity index (χ1v) is 23.1. The number of ether oxygens (including phenoxy) is 1. The number of likely N-dealkylation sites (tertiary alicyclic amines) is 1. The van der Waals surface area contributed by atoms with E-state index in [9.17, 15) is 32.8 Å². The fourth-order valence-corrected chi connectivity index (χ4v) is 9.20. The van der Waals surface area contributed by atoms with Crippen molar-refractivity contribution in [3.63, 3.8) is 0 Å². The molecule has 350 valence electrons. The molecule has 68 heavy (non-hydrogen) atoms. The minimum Gasteiger partial charge on any atom is -0.380 e. The van der Waals surface area contributed by atoms with Gasteiger partial charge in [-0.2, -0.15) is 0 Å². The molecule has 1 unspecified atom stereocenters. The van der Waals surface area contributed by atoms with Crippen LogP contribution in [0.25, 0.3) is 11.3 Å². The average molecular weight is 944 g/mol. The van der Waals surface area contributed by atoms with Crippen molar-refractivity contribution in [1.82, 2.24) is 30.4 Å². The van der Waals surface area contributed by atoms with E-state index < -0.39 is 23.6 Å². The van der Waals surface area contributed by atoms with Crippen molar-refractivity contribution in [1.29, 1.82) is 0 Å². The van der Waals surface area contributed by atoms with E-state index in [2.05, 4.69) is 36.1 Å². The first-order chi connectivity index (χ1) is 33.0. The standard InChI is InChI=1S/C50H48ClF2N9O6/c51-31-12-15-34-36(25-31)46(44-38(52)6-4-7-39(44)53)54-26-30-27-55-50(60-45(30)34)57-32-13-10-29(11-14-32)47(65)56-33-18-20-61(21-19-33)22-24-68-23-2-1-9-42(63)58-40-8-3-5-35-37(40)28-62(49(35)67)41-16-17-43(64)59-48(41)66/h3-8,10-15,25,27,33,41H,1-2,9,16-24,26,28H2,(H,56,65)(H,58,63)(H,55,57,60)(H,59,64,66). The van der Waals surface area contributed by atoms with E-state index in [-0.39, 0.29) is 72.8 Å². The number of unbranched alkanes of at least 4 members (excludes halogenated alkanes) is 1. The normalized spacial score (nSPS) is 17.1. The number of rotatable bonds is 15. The maximum absolute atomic E-state index is 15.0. The van der Waals surface area contributed by atoms with Gasteiger partial charge in [-0.3, -0.25) is 34.3 Å². The summed E-state index contributed by atoms with van der Waals surface area (Å²) in [5.74, 6) is -2.62. The van der Waals surface area contributed by atoms with Gasteiger partial charge in [0.2, 0.25) is 23.7 Å². The van der Waals surface area contributed by atoms with Crippen LogP contribution in [-0.2, 0) is 32.2 Å². The van der Waals surface area contributed by atoms with Crippen LogP contribution in [0, 0.1) is 11.6 Å². The van der Waals surface area contributed by atoms with Crippen LogP contribution >= 0.6 is 11.6 Å². The van der Waals surface area contributed by atoms with E-state index in [0.29, 0.717) is 87.9 Å². The summed E-state index contributed by atoms with van der Waals surface area (Å²) in [5, 5.41) is 12.0. The van der Waals surface area contributed by atoms with Crippen LogP contribution in [0.3, 0.4) is 0 Å². The molecule has 4 aliphatic rings. The Morgan fingerprint density at radius 3 is 2.44 bits per heavy atom. The highest BCUT2D eigenvalue weighted by atomic mass is 35.5. The largest absolute Gasteiger partial charge is 0.380 e.